The highest BCUT2D eigenvalue weighted by molar-refractivity contribution is 5.10. The number of hydrazine groups is 1. The van der Waals surface area contributed by atoms with Crippen LogP contribution in [-0.2, 0) is 9.47 Å². The van der Waals surface area contributed by atoms with Gasteiger partial charge in [0, 0.05) is 32.7 Å². The fraction of sp³-hybridized carbons (Fsp3) is 0.833. The molecule has 0 spiro atoms. The van der Waals surface area contributed by atoms with Crippen LogP contribution in [0, 0.1) is 0 Å². The minimum atomic E-state index is -0.209. The zero-order valence-electron chi connectivity index (χ0n) is 10.6. The first-order valence-corrected chi connectivity index (χ1v) is 5.97. The summed E-state index contributed by atoms with van der Waals surface area (Å²) in [4.78, 5) is 0. The zero-order chi connectivity index (χ0) is 12.0. The van der Waals surface area contributed by atoms with Crippen LogP contribution in [0.5, 0.6) is 0 Å². The lowest BCUT2D eigenvalue weighted by Gasteiger charge is -2.41. The summed E-state index contributed by atoms with van der Waals surface area (Å²) < 4.78 is 11.4. The number of ether oxygens (including phenoxy) is 2. The second-order valence-electron chi connectivity index (χ2n) is 4.50. The molecule has 1 heterocycles. The van der Waals surface area contributed by atoms with E-state index in [-0.39, 0.29) is 11.6 Å². The van der Waals surface area contributed by atoms with Gasteiger partial charge in [-0.1, -0.05) is 11.6 Å². The Morgan fingerprint density at radius 1 is 1.50 bits per heavy atom. The molecule has 1 fully saturated rings. The average Bonchev–Trinajstić information content (AvgIpc) is 2.27. The molecule has 0 radical (unpaired) electrons. The van der Waals surface area contributed by atoms with Crippen molar-refractivity contribution >= 4 is 0 Å². The Bertz CT molecular complexity index is 226. The molecule has 1 aliphatic heterocycles. The summed E-state index contributed by atoms with van der Waals surface area (Å²) in [6, 6.07) is 0.0568. The summed E-state index contributed by atoms with van der Waals surface area (Å²) in [7, 11) is 0. The van der Waals surface area contributed by atoms with Gasteiger partial charge in [0.1, 0.15) is 0 Å². The molecule has 94 valence electrons. The first-order valence-electron chi connectivity index (χ1n) is 5.97. The third-order valence-electron chi connectivity index (χ3n) is 3.02. The van der Waals surface area contributed by atoms with Crippen molar-refractivity contribution in [1.82, 2.24) is 5.43 Å². The normalized spacial score (nSPS) is 21.5. The number of hydrogen-bond acceptors (Lipinski definition) is 4. The van der Waals surface area contributed by atoms with Gasteiger partial charge in [0.25, 0.3) is 0 Å². The average molecular weight is 228 g/mol. The minimum Gasteiger partial charge on any atom is -0.381 e. The molecule has 0 aromatic rings. The summed E-state index contributed by atoms with van der Waals surface area (Å²) in [6.07, 6.45) is 3.92. The van der Waals surface area contributed by atoms with Gasteiger partial charge in [-0.3, -0.25) is 11.3 Å². The van der Waals surface area contributed by atoms with Gasteiger partial charge in [-0.05, 0) is 20.8 Å². The van der Waals surface area contributed by atoms with Crippen molar-refractivity contribution in [2.75, 3.05) is 19.8 Å². The van der Waals surface area contributed by atoms with Crippen molar-refractivity contribution in [1.29, 1.82) is 0 Å². The summed E-state index contributed by atoms with van der Waals surface area (Å²) in [6.45, 7) is 8.36. The van der Waals surface area contributed by atoms with E-state index in [0.717, 1.165) is 26.1 Å². The maximum atomic E-state index is 5.96. The lowest BCUT2D eigenvalue weighted by Crippen LogP contribution is -2.56. The van der Waals surface area contributed by atoms with Crippen molar-refractivity contribution < 1.29 is 9.47 Å². The fourth-order valence-electron chi connectivity index (χ4n) is 2.23. The van der Waals surface area contributed by atoms with Gasteiger partial charge in [0.2, 0.25) is 0 Å². The van der Waals surface area contributed by atoms with E-state index >= 15 is 0 Å². The molecule has 1 saturated heterocycles. The van der Waals surface area contributed by atoms with Crippen LogP contribution in [-0.4, -0.2) is 31.5 Å². The predicted molar refractivity (Wildman–Crippen MR) is 65.0 cm³/mol. The van der Waals surface area contributed by atoms with E-state index in [4.69, 9.17) is 15.3 Å². The molecular formula is C12H24N2O2. The highest BCUT2D eigenvalue weighted by atomic mass is 16.5. The van der Waals surface area contributed by atoms with E-state index in [2.05, 4.69) is 25.3 Å². The second-order valence-corrected chi connectivity index (χ2v) is 4.50. The number of rotatable bonds is 5. The standard InChI is InChI=1S/C12H24N2O2/c1-4-16-12(5-7-15-8-6-12)11(14-13)9-10(2)3/h9,11,14H,4-8,13H2,1-3H3. The quantitative estimate of drug-likeness (QED) is 0.424. The summed E-state index contributed by atoms with van der Waals surface area (Å²) in [5.41, 5.74) is 3.91. The molecule has 16 heavy (non-hydrogen) atoms. The van der Waals surface area contributed by atoms with Crippen LogP contribution >= 0.6 is 0 Å². The molecule has 0 bridgehead atoms. The summed E-state index contributed by atoms with van der Waals surface area (Å²) >= 11 is 0. The first kappa shape index (κ1) is 13.6. The first-order chi connectivity index (χ1) is 7.64. The second kappa shape index (κ2) is 6.35. The summed E-state index contributed by atoms with van der Waals surface area (Å²) in [5, 5.41) is 0. The Morgan fingerprint density at radius 2 is 2.12 bits per heavy atom. The molecule has 0 aliphatic carbocycles. The Morgan fingerprint density at radius 3 is 2.56 bits per heavy atom. The SMILES string of the molecule is CCOC1(C(C=C(C)C)NN)CCOCC1. The molecule has 1 aliphatic rings. The Labute approximate surface area is 98.1 Å². The molecule has 0 aromatic carbocycles. The van der Waals surface area contributed by atoms with Crippen LogP contribution < -0.4 is 11.3 Å². The number of hydrogen-bond donors (Lipinski definition) is 2. The topological polar surface area (TPSA) is 56.5 Å². The zero-order valence-corrected chi connectivity index (χ0v) is 10.6. The fourth-order valence-corrected chi connectivity index (χ4v) is 2.23. The van der Waals surface area contributed by atoms with Crippen molar-refractivity contribution in [2.24, 2.45) is 5.84 Å². The van der Waals surface area contributed by atoms with E-state index in [0.29, 0.717) is 6.61 Å². The smallest absolute Gasteiger partial charge is 0.0927 e. The monoisotopic (exact) mass is 228 g/mol. The van der Waals surface area contributed by atoms with Gasteiger partial charge in [-0.15, -0.1) is 0 Å². The number of allylic oxidation sites excluding steroid dienone is 1. The van der Waals surface area contributed by atoms with Crippen molar-refractivity contribution in [3.8, 4) is 0 Å². The van der Waals surface area contributed by atoms with E-state index in [9.17, 15) is 0 Å². The van der Waals surface area contributed by atoms with Gasteiger partial charge in [-0.2, -0.15) is 0 Å². The van der Waals surface area contributed by atoms with E-state index < -0.39 is 0 Å². The molecule has 1 rings (SSSR count). The van der Waals surface area contributed by atoms with Crippen molar-refractivity contribution in [3.63, 3.8) is 0 Å². The largest absolute Gasteiger partial charge is 0.381 e. The maximum absolute atomic E-state index is 5.96. The molecule has 4 heteroatoms. The number of nitrogens with one attached hydrogen (secondary N) is 1. The molecule has 0 amide bonds. The van der Waals surface area contributed by atoms with Gasteiger partial charge in [-0.25, -0.2) is 0 Å². The molecule has 0 saturated carbocycles. The van der Waals surface area contributed by atoms with Crippen LogP contribution in [0.2, 0.25) is 0 Å². The lowest BCUT2D eigenvalue weighted by atomic mass is 9.85. The van der Waals surface area contributed by atoms with E-state index in [1.807, 2.05) is 6.92 Å². The molecule has 4 nitrogen and oxygen atoms in total. The van der Waals surface area contributed by atoms with E-state index in [1.165, 1.54) is 5.57 Å². The van der Waals surface area contributed by atoms with Crippen LogP contribution in [0.4, 0.5) is 0 Å². The molecule has 0 aromatic heterocycles. The van der Waals surface area contributed by atoms with Crippen LogP contribution in [0.1, 0.15) is 33.6 Å². The highest BCUT2D eigenvalue weighted by Crippen LogP contribution is 2.29. The van der Waals surface area contributed by atoms with Gasteiger partial charge in [0.05, 0.1) is 11.6 Å². The third kappa shape index (κ3) is 3.28. The molecule has 3 N–H and O–H groups in total. The third-order valence-corrected chi connectivity index (χ3v) is 3.02. The predicted octanol–water partition coefficient (Wildman–Crippen LogP) is 1.37. The molecule has 1 unspecified atom stereocenters. The molecular weight excluding hydrogens is 204 g/mol. The van der Waals surface area contributed by atoms with Crippen molar-refractivity contribution in [3.05, 3.63) is 11.6 Å². The minimum absolute atomic E-state index is 0.0568. The Balaban J connectivity index is 2.83. The van der Waals surface area contributed by atoms with Crippen LogP contribution in [0.15, 0.2) is 11.6 Å². The summed E-state index contributed by atoms with van der Waals surface area (Å²) in [5.74, 6) is 5.65. The molecule has 1 atom stereocenters. The van der Waals surface area contributed by atoms with Crippen LogP contribution in [0.3, 0.4) is 0 Å². The van der Waals surface area contributed by atoms with Crippen LogP contribution in [0.25, 0.3) is 0 Å². The maximum Gasteiger partial charge on any atom is 0.0927 e. The Kier molecular flexibility index (Phi) is 5.41. The van der Waals surface area contributed by atoms with Gasteiger partial charge in [0.15, 0.2) is 0 Å². The number of nitrogens with two attached hydrogens (primary N) is 1. The lowest BCUT2D eigenvalue weighted by molar-refractivity contribution is -0.118. The van der Waals surface area contributed by atoms with Gasteiger partial charge >= 0.3 is 0 Å². The van der Waals surface area contributed by atoms with Crippen molar-refractivity contribution in [2.45, 2.75) is 45.3 Å². The highest BCUT2D eigenvalue weighted by Gasteiger charge is 2.39. The Hall–Kier alpha value is -0.420. The van der Waals surface area contributed by atoms with E-state index in [1.54, 1.807) is 0 Å². The van der Waals surface area contributed by atoms with Gasteiger partial charge < -0.3 is 9.47 Å².